The number of amides is 4. The van der Waals surface area contributed by atoms with Gasteiger partial charge in [-0.1, -0.05) is 52.4 Å². The molecular weight excluding hydrogens is 1680 g/mol. The zero-order valence-corrected chi connectivity index (χ0v) is 74.4. The zero-order chi connectivity index (χ0) is 95.2. The molecule has 51 heteroatoms. The van der Waals surface area contributed by atoms with Crippen molar-refractivity contribution in [2.24, 2.45) is 55.6 Å². The summed E-state index contributed by atoms with van der Waals surface area (Å²) in [5.74, 6) is -6.41. The van der Waals surface area contributed by atoms with Gasteiger partial charge in [0, 0.05) is 84.8 Å². The summed E-state index contributed by atoms with van der Waals surface area (Å²) in [6.07, 6.45) is 14.1. The van der Waals surface area contributed by atoms with Crippen LogP contribution < -0.4 is 59.7 Å². The van der Waals surface area contributed by atoms with Crippen LogP contribution in [0.25, 0.3) is 0 Å². The van der Waals surface area contributed by atoms with Gasteiger partial charge < -0.3 is 159 Å². The van der Waals surface area contributed by atoms with Gasteiger partial charge >= 0.3 is 78.5 Å². The monoisotopic (exact) mass is 1820 g/mol. The maximum Gasteiger partial charge on any atom is 0.451 e. The second-order valence-electron chi connectivity index (χ2n) is 38.8. The van der Waals surface area contributed by atoms with E-state index in [-0.39, 0.29) is 98.5 Å². The number of aliphatic carboxylic acids is 6. The van der Waals surface area contributed by atoms with Gasteiger partial charge in [-0.3, -0.25) is 69.2 Å². The minimum Gasteiger partial charge on any atom is -0.480 e. The third-order valence-corrected chi connectivity index (χ3v) is 30.6. The number of rotatable bonds is 36. The predicted molar refractivity (Wildman–Crippen MR) is 467 cm³/mol. The van der Waals surface area contributed by atoms with Crippen molar-refractivity contribution >= 4 is 102 Å². The minimum atomic E-state index is -1.43. The Bertz CT molecular complexity index is 3720. The van der Waals surface area contributed by atoms with E-state index in [9.17, 15) is 78.6 Å². The van der Waals surface area contributed by atoms with Gasteiger partial charge in [0.05, 0.1) is 50.9 Å². The van der Waals surface area contributed by atoms with Gasteiger partial charge in [-0.15, -0.1) is 0 Å². The summed E-state index contributed by atoms with van der Waals surface area (Å²) in [4.78, 5) is 129. The van der Waals surface area contributed by atoms with E-state index in [4.69, 9.17) is 82.6 Å². The van der Waals surface area contributed by atoms with Gasteiger partial charge in [-0.2, -0.15) is 0 Å². The number of aliphatic hydroxyl groups excluding tert-OH is 1. The molecule has 0 aromatic heterocycles. The Hall–Kier alpha value is -5.91. The van der Waals surface area contributed by atoms with Crippen LogP contribution >= 0.6 is 0 Å². The summed E-state index contributed by atoms with van der Waals surface area (Å²) in [5.41, 5.74) is 7.78. The Balaban J connectivity index is 0.000000191. The molecule has 722 valence electrons. The molecule has 0 saturated carbocycles. The molecule has 13 fully saturated rings. The zero-order valence-electron chi connectivity index (χ0n) is 74.4. The highest BCUT2D eigenvalue weighted by molar-refractivity contribution is 6.42. The lowest BCUT2D eigenvalue weighted by molar-refractivity contribution is -0.148. The van der Waals surface area contributed by atoms with Crippen LogP contribution in [0.3, 0.4) is 0 Å². The summed E-state index contributed by atoms with van der Waals surface area (Å²) in [5, 5.41) is 200. The van der Waals surface area contributed by atoms with E-state index in [1.54, 1.807) is 16.7 Å². The van der Waals surface area contributed by atoms with E-state index in [0.29, 0.717) is 181 Å². The second-order valence-corrected chi connectivity index (χ2v) is 38.8. The molecule has 13 aliphatic heterocycles. The largest absolute Gasteiger partial charge is 0.480 e. The van der Waals surface area contributed by atoms with E-state index in [0.717, 1.165) is 51.9 Å². The molecule has 0 aromatic carbocycles. The van der Waals surface area contributed by atoms with E-state index in [2.05, 4.69) is 47.4 Å². The Morgan fingerprint density at radius 3 is 0.938 bits per heavy atom. The van der Waals surface area contributed by atoms with Crippen molar-refractivity contribution in [3.05, 3.63) is 0 Å². The van der Waals surface area contributed by atoms with Gasteiger partial charge in [0.2, 0.25) is 23.6 Å². The van der Waals surface area contributed by atoms with Crippen LogP contribution in [0.5, 0.6) is 0 Å². The van der Waals surface area contributed by atoms with E-state index in [1.807, 2.05) is 20.9 Å². The Morgan fingerprint density at radius 2 is 0.641 bits per heavy atom. The fraction of sp³-hybridized carbons (Fsp3) is 0.870. The highest BCUT2D eigenvalue weighted by Crippen LogP contribution is 2.56. The maximum atomic E-state index is 12.7. The van der Waals surface area contributed by atoms with Crippen LogP contribution in [0, 0.1) is 38.4 Å². The van der Waals surface area contributed by atoms with E-state index in [1.165, 1.54) is 9.80 Å². The molecule has 0 bridgehead atoms. The number of likely N-dealkylation sites (tertiary alicyclic amines) is 5. The lowest BCUT2D eigenvalue weighted by Crippen LogP contribution is -2.58. The van der Waals surface area contributed by atoms with Gasteiger partial charge in [-0.25, -0.2) is 0 Å². The normalized spacial score (nSPS) is 33.2. The number of carbonyl (C=O) groups excluding carboxylic acids is 4. The number of fused-ring (bicyclic) bond motifs is 6. The number of carbonyl (C=O) groups is 10. The number of aliphatic hydroxyl groups is 1. The number of nitrogens with zero attached hydrogens (tertiary/aromatic N) is 5. The average Bonchev–Trinajstić information content (AvgIpc) is 1.53. The lowest BCUT2D eigenvalue weighted by Gasteiger charge is -2.36. The predicted octanol–water partition coefficient (Wildman–Crippen LogP) is -9.43. The Kier molecular flexibility index (Phi) is 37.4. The lowest BCUT2D eigenvalue weighted by atomic mass is 9.68. The third kappa shape index (κ3) is 22.2. The number of nitrogens with one attached hydrogen (secondary N) is 8. The fourth-order valence-electron chi connectivity index (χ4n) is 23.8. The molecule has 128 heavy (non-hydrogen) atoms. The summed E-state index contributed by atoms with van der Waals surface area (Å²) < 4.78 is 0. The molecule has 13 aliphatic rings. The van der Waals surface area contributed by atoms with Gasteiger partial charge in [0.15, 0.2) is 0 Å². The van der Waals surface area contributed by atoms with Crippen molar-refractivity contribution < 1.29 is 144 Å². The van der Waals surface area contributed by atoms with Gasteiger partial charge in [0.1, 0.15) is 39.3 Å². The number of likely N-dealkylation sites (N-methyl/N-ethyl adjacent to an activating group) is 1. The van der Waals surface area contributed by atoms with Crippen LogP contribution in [0.4, 0.5) is 0 Å². The molecule has 16 atom stereocenters. The number of carboxylic acids is 6. The van der Waals surface area contributed by atoms with E-state index < -0.39 is 164 Å². The highest BCUT2D eigenvalue weighted by atomic mass is 16.4. The summed E-state index contributed by atoms with van der Waals surface area (Å²) in [6, 6.07) is -2.58. The first-order valence-electron chi connectivity index (χ1n) is 45.2. The molecule has 13 heterocycles. The van der Waals surface area contributed by atoms with Crippen molar-refractivity contribution in [1.29, 1.82) is 0 Å². The van der Waals surface area contributed by atoms with Crippen LogP contribution in [0.15, 0.2) is 0 Å². The molecule has 45 nitrogen and oxygen atoms in total. The second kappa shape index (κ2) is 44.5. The summed E-state index contributed by atoms with van der Waals surface area (Å²) >= 11 is 0. The molecule has 0 aliphatic carbocycles. The molecule has 0 spiro atoms. The number of hydrogen-bond donors (Lipinski definition) is 30. The van der Waals surface area contributed by atoms with Crippen LogP contribution in [0.2, 0.25) is 37.9 Å². The number of carboxylic acid groups (broad SMARTS) is 6. The fourth-order valence-corrected chi connectivity index (χ4v) is 23.8. The van der Waals surface area contributed by atoms with E-state index >= 15 is 0 Å². The molecule has 0 radical (unpaired) electrons. The Morgan fingerprint density at radius 1 is 0.359 bits per heavy atom. The first-order chi connectivity index (χ1) is 60.0. The van der Waals surface area contributed by atoms with Crippen LogP contribution in [0.1, 0.15) is 149 Å². The van der Waals surface area contributed by atoms with Crippen molar-refractivity contribution in [2.75, 3.05) is 138 Å². The molecule has 33 N–H and O–H groups in total. The number of hydrogen-bond acceptors (Lipinski definition) is 35. The molecule has 13 saturated heterocycles. The minimum absolute atomic E-state index is 0.00343. The van der Waals surface area contributed by atoms with Crippen LogP contribution in [-0.4, -0.2) is 418 Å². The quantitative estimate of drug-likeness (QED) is 0.0259. The Labute approximate surface area is 748 Å². The van der Waals surface area contributed by atoms with Gasteiger partial charge in [0.25, 0.3) is 0 Å². The number of nitrogens with two attached hydrogens (primary N) is 3. The standard InChI is InChI=1S/C15H26BN3O5.C15H28BN3O5.C13H24BN3O6.C13H24BN3O5.C11H21BN2O4.C10H19BN2O4/c20-12(11-3-1-7-17-11)19-9-14(4-2-6-16(23)24)5-8-18-15(14,10-19)13(21)22;1-10(2)11(17)12(20)19-8-14(4-3-6-16(23)24)5-7-18-15(14,9-19)13(21)22;15-9(6-18)10(19)17-7-12(2-1-4-14(22)23)3-5-16-13(12,8-17)11(20)21;1-9(15)10(18)17-7-12(3-2-5-14(21)22)4-6-16-13(12,8-17)11(19)20;1-14-7-10(3-2-5-12(17)18)4-6-13-11(10,8-14)9(15)16;14-8(15)10-7-12-6-9(10,3-5-13-10)2-1-4-11(16)17/h11,17-18,23-24H,1-10H2,(H,21,22);10-11,18,23-24H,3-9,17H2,1-2H3,(H,21,22);9,16,18,22-23H,1-8,15H2,(H,20,21);9,16,21-22H,2-8,15H2,1H3,(H,19,20);13,17-18H,2-8H2,1H3,(H,15,16);12-13,16-17H,1-7H2,(H,14,15). The molecule has 13 rings (SSSR count). The summed E-state index contributed by atoms with van der Waals surface area (Å²) in [6.45, 7) is 13.5. The van der Waals surface area contributed by atoms with Gasteiger partial charge in [-0.05, 0) is 194 Å². The molecule has 0 aromatic rings. The molecular formula is C77H142B6N16O29. The summed E-state index contributed by atoms with van der Waals surface area (Å²) in [7, 11) is -6.26. The topological polar surface area (TPSA) is 746 Å². The highest BCUT2D eigenvalue weighted by Gasteiger charge is 2.71. The maximum absolute atomic E-state index is 12.7. The first kappa shape index (κ1) is 107. The van der Waals surface area contributed by atoms with Crippen LogP contribution in [-0.2, 0) is 47.9 Å². The molecule has 16 unspecified atom stereocenters. The van der Waals surface area contributed by atoms with Crippen molar-refractivity contribution in [1.82, 2.24) is 67.0 Å². The molecule has 4 amide bonds. The third-order valence-electron chi connectivity index (χ3n) is 30.6. The van der Waals surface area contributed by atoms with Crippen molar-refractivity contribution in [3.63, 3.8) is 0 Å². The van der Waals surface area contributed by atoms with Crippen molar-refractivity contribution in [3.8, 4) is 0 Å². The average molecular weight is 1820 g/mol. The smallest absolute Gasteiger partial charge is 0.451 e. The SMILES string of the molecule is CC(C)C(N)C(=O)N1CC2(CCCB(O)O)CCNC2(C(=O)O)C1.CC(N)C(=O)N1CC2(CCCB(O)O)CCNC2(C(=O)O)C1.CN1CC2(CCCB(O)O)CCNC2(C(=O)O)C1.NC(CO)C(=O)N1CC2(CCCB(O)O)CCNC2(C(=O)O)C1.O=C(C1CCCN1)N1CC2(CCCB(O)O)CCNC2(C(=O)O)C1.O=C(O)C12CNCC1(CCCB(O)O)CCN2. The first-order valence-corrected chi connectivity index (χ1v) is 45.2. The van der Waals surface area contributed by atoms with Crippen molar-refractivity contribution in [2.45, 2.75) is 245 Å².